The fourth-order valence-electron chi connectivity index (χ4n) is 3.63. The number of carbonyl (C=O) groups is 2. The average Bonchev–Trinajstić information content (AvgIpc) is 3.15. The summed E-state index contributed by atoms with van der Waals surface area (Å²) in [5, 5.41) is 20.2. The highest BCUT2D eigenvalue weighted by Gasteiger charge is 2.16. The molecule has 30 heavy (non-hydrogen) atoms. The van der Waals surface area contributed by atoms with Crippen LogP contribution < -0.4 is 4.74 Å². The van der Waals surface area contributed by atoms with Gasteiger partial charge in [0.15, 0.2) is 0 Å². The molecule has 2 aromatic rings. The monoisotopic (exact) mass is 413 g/mol. The van der Waals surface area contributed by atoms with Gasteiger partial charge in [-0.15, -0.1) is 5.10 Å². The second-order valence-electron chi connectivity index (χ2n) is 7.31. The minimum Gasteiger partial charge on any atom is -0.478 e. The summed E-state index contributed by atoms with van der Waals surface area (Å²) in [5.41, 5.74) is 4.29. The van der Waals surface area contributed by atoms with Crippen LogP contribution in [0.15, 0.2) is 42.5 Å². The first kappa shape index (κ1) is 21.6. The Kier molecular flexibility index (Phi) is 7.62. The lowest BCUT2D eigenvalue weighted by Crippen LogP contribution is -2.33. The highest BCUT2D eigenvalue weighted by atomic mass is 16.5. The molecular formula is C22H27N3O5. The van der Waals surface area contributed by atoms with Crippen LogP contribution in [0.1, 0.15) is 29.7 Å². The molecule has 0 fully saturated rings. The number of aryl methyl sites for hydroxylation is 2. The Hall–Kier alpha value is -3.13. The maximum Gasteiger partial charge on any atom is 0.328 e. The summed E-state index contributed by atoms with van der Waals surface area (Å²) in [6.45, 7) is 4.90. The predicted molar refractivity (Wildman–Crippen MR) is 110 cm³/mol. The molecule has 0 bridgehead atoms. The van der Waals surface area contributed by atoms with Gasteiger partial charge < -0.3 is 14.9 Å². The molecule has 160 valence electrons. The molecular weight excluding hydrogens is 386 g/mol. The highest BCUT2D eigenvalue weighted by molar-refractivity contribution is 5.89. The summed E-state index contributed by atoms with van der Waals surface area (Å²) in [4.78, 5) is 21.6. The molecule has 1 aromatic heterocycles. The van der Waals surface area contributed by atoms with Crippen LogP contribution >= 0.6 is 0 Å². The zero-order valence-corrected chi connectivity index (χ0v) is 16.9. The normalized spacial score (nSPS) is 15.6. The lowest BCUT2D eigenvalue weighted by Gasteiger charge is -2.28. The molecule has 8 heteroatoms. The van der Waals surface area contributed by atoms with Gasteiger partial charge in [0.25, 0.3) is 0 Å². The summed E-state index contributed by atoms with van der Waals surface area (Å²) in [6, 6.07) is 10.9. The Morgan fingerprint density at radius 3 is 2.47 bits per heavy atom. The van der Waals surface area contributed by atoms with E-state index in [-0.39, 0.29) is 0 Å². The fourth-order valence-corrected chi connectivity index (χ4v) is 3.63. The lowest BCUT2D eigenvalue weighted by molar-refractivity contribution is -0.134. The van der Waals surface area contributed by atoms with E-state index in [0.29, 0.717) is 12.2 Å². The van der Waals surface area contributed by atoms with Crippen molar-refractivity contribution in [3.63, 3.8) is 0 Å². The van der Waals surface area contributed by atoms with Crippen LogP contribution in [0.25, 0.3) is 0 Å². The van der Waals surface area contributed by atoms with E-state index in [1.807, 2.05) is 0 Å². The summed E-state index contributed by atoms with van der Waals surface area (Å²) in [6.07, 6.45) is 5.92. The number of aromatic nitrogens is 2. The van der Waals surface area contributed by atoms with Crippen molar-refractivity contribution in [3.8, 4) is 5.88 Å². The summed E-state index contributed by atoms with van der Waals surface area (Å²) in [7, 11) is 0. The fraction of sp³-hybridized carbons (Fsp3) is 0.409. The first-order chi connectivity index (χ1) is 14.5. The van der Waals surface area contributed by atoms with Crippen molar-refractivity contribution in [3.05, 3.63) is 59.3 Å². The molecule has 0 saturated heterocycles. The Morgan fingerprint density at radius 1 is 1.03 bits per heavy atom. The maximum absolute atomic E-state index is 9.55. The largest absolute Gasteiger partial charge is 0.478 e. The number of aliphatic carboxylic acids is 2. The molecule has 0 radical (unpaired) electrons. The van der Waals surface area contributed by atoms with Crippen molar-refractivity contribution in [1.29, 1.82) is 0 Å². The minimum atomic E-state index is -1.26. The second-order valence-corrected chi connectivity index (χ2v) is 7.31. The zero-order chi connectivity index (χ0) is 21.3. The van der Waals surface area contributed by atoms with Gasteiger partial charge in [-0.3, -0.25) is 9.58 Å². The number of ether oxygens (including phenoxy) is 1. The third kappa shape index (κ3) is 6.45. The number of hydrogen-bond donors (Lipinski definition) is 2. The van der Waals surface area contributed by atoms with E-state index in [4.69, 9.17) is 14.9 Å². The molecule has 0 aliphatic carbocycles. The van der Waals surface area contributed by atoms with E-state index in [1.165, 1.54) is 29.7 Å². The lowest BCUT2D eigenvalue weighted by atomic mass is 10.0. The Morgan fingerprint density at radius 2 is 1.77 bits per heavy atom. The zero-order valence-electron chi connectivity index (χ0n) is 16.9. The van der Waals surface area contributed by atoms with Crippen LogP contribution in [0.3, 0.4) is 0 Å². The first-order valence-corrected chi connectivity index (χ1v) is 10.1. The summed E-state index contributed by atoms with van der Waals surface area (Å²) in [5.74, 6) is -1.71. The number of nitrogens with zero attached hydrogens (tertiary/aromatic N) is 3. The maximum atomic E-state index is 9.55. The van der Waals surface area contributed by atoms with Gasteiger partial charge in [-0.05, 0) is 36.8 Å². The minimum absolute atomic E-state index is 0.558. The van der Waals surface area contributed by atoms with Crippen molar-refractivity contribution < 1.29 is 24.5 Å². The summed E-state index contributed by atoms with van der Waals surface area (Å²) < 4.78 is 7.98. The molecule has 2 aliphatic heterocycles. The van der Waals surface area contributed by atoms with Gasteiger partial charge in [0.2, 0.25) is 5.88 Å². The quantitative estimate of drug-likeness (QED) is 0.701. The number of carboxylic acids is 2. The van der Waals surface area contributed by atoms with Crippen LogP contribution in [0.2, 0.25) is 0 Å². The van der Waals surface area contributed by atoms with Gasteiger partial charge in [0.05, 0.1) is 0 Å². The van der Waals surface area contributed by atoms with Crippen molar-refractivity contribution >= 4 is 11.9 Å². The molecule has 0 saturated carbocycles. The number of fused-ring (bicyclic) bond motifs is 2. The van der Waals surface area contributed by atoms with Crippen LogP contribution in [-0.2, 0) is 35.5 Å². The second kappa shape index (κ2) is 10.6. The number of hydrogen-bond acceptors (Lipinski definition) is 5. The van der Waals surface area contributed by atoms with Crippen LogP contribution in [0.4, 0.5) is 0 Å². The molecule has 3 heterocycles. The van der Waals surface area contributed by atoms with Gasteiger partial charge in [0.1, 0.15) is 6.61 Å². The van der Waals surface area contributed by atoms with Crippen LogP contribution in [-0.4, -0.2) is 56.5 Å². The van der Waals surface area contributed by atoms with E-state index in [1.54, 1.807) is 0 Å². The summed E-state index contributed by atoms with van der Waals surface area (Å²) >= 11 is 0. The van der Waals surface area contributed by atoms with Crippen molar-refractivity contribution in [2.75, 3.05) is 19.7 Å². The van der Waals surface area contributed by atoms with E-state index in [2.05, 4.69) is 45.0 Å². The molecule has 8 nitrogen and oxygen atoms in total. The van der Waals surface area contributed by atoms with Gasteiger partial charge in [-0.25, -0.2) is 9.59 Å². The highest BCUT2D eigenvalue weighted by Crippen LogP contribution is 2.20. The third-order valence-electron chi connectivity index (χ3n) is 5.13. The molecule has 4 rings (SSSR count). The van der Waals surface area contributed by atoms with Gasteiger partial charge in [-0.1, -0.05) is 24.3 Å². The molecule has 2 N–H and O–H groups in total. The van der Waals surface area contributed by atoms with Crippen molar-refractivity contribution in [2.24, 2.45) is 0 Å². The van der Waals surface area contributed by atoms with Crippen molar-refractivity contribution in [1.82, 2.24) is 14.7 Å². The molecule has 2 aliphatic rings. The van der Waals surface area contributed by atoms with Crippen LogP contribution in [0.5, 0.6) is 5.88 Å². The van der Waals surface area contributed by atoms with Gasteiger partial charge >= 0.3 is 11.9 Å². The molecule has 1 aromatic carbocycles. The van der Waals surface area contributed by atoms with Crippen molar-refractivity contribution in [2.45, 2.75) is 38.8 Å². The number of carboxylic acid groups (broad SMARTS) is 2. The number of benzene rings is 1. The van der Waals surface area contributed by atoms with Gasteiger partial charge in [0, 0.05) is 50.1 Å². The van der Waals surface area contributed by atoms with Gasteiger partial charge in [-0.2, -0.15) is 0 Å². The van der Waals surface area contributed by atoms with E-state index in [9.17, 15) is 9.59 Å². The SMILES string of the molecule is O=C(O)C=CC(=O)O.c1ccc2c(c1)CCN(CCOc1cc3n(n1)CCCC3)C2. The van der Waals surface area contributed by atoms with Crippen LogP contribution in [0, 0.1) is 0 Å². The topological polar surface area (TPSA) is 105 Å². The molecule has 0 atom stereocenters. The van der Waals surface area contributed by atoms with E-state index in [0.717, 1.165) is 51.5 Å². The van der Waals surface area contributed by atoms with E-state index < -0.39 is 11.9 Å². The first-order valence-electron chi connectivity index (χ1n) is 10.1. The van der Waals surface area contributed by atoms with E-state index >= 15 is 0 Å². The smallest absolute Gasteiger partial charge is 0.328 e. The Balaban J connectivity index is 0.000000275. The predicted octanol–water partition coefficient (Wildman–Crippen LogP) is 2.37. The third-order valence-corrected chi connectivity index (χ3v) is 5.13. The Labute approximate surface area is 175 Å². The Bertz CT molecular complexity index is 866. The standard InChI is InChI=1S/C18H23N3O.C4H4O4/c1-2-6-16-14-20(10-8-15(16)5-1)11-12-22-18-13-17-7-3-4-9-21(17)19-18;5-3(6)1-2-4(7)8/h1-2,5-6,13H,3-4,7-12,14H2;1-2H,(H,5,6)(H,7,8). The molecule has 0 amide bonds. The average molecular weight is 413 g/mol. The molecule has 0 spiro atoms. The number of rotatable bonds is 6. The molecule has 0 unspecified atom stereocenters.